The molecule has 2 fully saturated rings. The molecule has 0 aliphatic carbocycles. The summed E-state index contributed by atoms with van der Waals surface area (Å²) in [7, 11) is 0. The number of anilines is 1. The molecule has 110 valence electrons. The number of hydrogen-bond donors (Lipinski definition) is 1. The third-order valence-electron chi connectivity index (χ3n) is 4.41. The Kier molecular flexibility index (Phi) is 3.78. The molecular weight excluding hydrogens is 252 g/mol. The molecule has 0 spiro atoms. The Bertz CT molecular complexity index is 525. The van der Waals surface area contributed by atoms with Gasteiger partial charge in [0.05, 0.1) is 0 Å². The minimum absolute atomic E-state index is 0.0637. The van der Waals surface area contributed by atoms with Crippen LogP contribution in [0.25, 0.3) is 0 Å². The highest BCUT2D eigenvalue weighted by atomic mass is 16.1. The predicted octanol–water partition coefficient (Wildman–Crippen LogP) is 1.09. The van der Waals surface area contributed by atoms with Crippen LogP contribution in [0.5, 0.6) is 0 Å². The summed E-state index contributed by atoms with van der Waals surface area (Å²) in [4.78, 5) is 19.3. The highest BCUT2D eigenvalue weighted by molar-refractivity contribution is 5.39. The molecule has 0 saturated carbocycles. The predicted molar refractivity (Wildman–Crippen MR) is 80.1 cm³/mol. The zero-order valence-corrected chi connectivity index (χ0v) is 12.4. The molecule has 1 N–H and O–H groups in total. The highest BCUT2D eigenvalue weighted by Crippen LogP contribution is 2.28. The van der Waals surface area contributed by atoms with E-state index in [2.05, 4.69) is 29.0 Å². The zero-order valence-electron chi connectivity index (χ0n) is 12.4. The molecule has 2 aliphatic rings. The summed E-state index contributed by atoms with van der Waals surface area (Å²) in [5.74, 6) is 1.78. The van der Waals surface area contributed by atoms with Crippen LogP contribution < -0.4 is 15.8 Å². The van der Waals surface area contributed by atoms with Crippen LogP contribution in [0.2, 0.25) is 0 Å². The molecule has 1 aromatic heterocycles. The SMILES string of the molecule is CC(C)Cn1ccnc(N2CCCC3CNCC32)c1=O. The Balaban J connectivity index is 1.91. The second-order valence-corrected chi connectivity index (χ2v) is 6.42. The summed E-state index contributed by atoms with van der Waals surface area (Å²) in [6, 6.07) is 0.443. The Morgan fingerprint density at radius 3 is 3.10 bits per heavy atom. The summed E-state index contributed by atoms with van der Waals surface area (Å²) < 4.78 is 1.80. The molecule has 2 unspecified atom stereocenters. The van der Waals surface area contributed by atoms with Gasteiger partial charge in [-0.15, -0.1) is 0 Å². The largest absolute Gasteiger partial charge is 0.347 e. The van der Waals surface area contributed by atoms with Gasteiger partial charge in [-0.2, -0.15) is 0 Å². The lowest BCUT2D eigenvalue weighted by molar-refractivity contribution is 0.381. The first-order chi connectivity index (χ1) is 9.66. The van der Waals surface area contributed by atoms with Crippen LogP contribution in [0.1, 0.15) is 26.7 Å². The third kappa shape index (κ3) is 2.46. The van der Waals surface area contributed by atoms with E-state index in [4.69, 9.17) is 0 Å². The van der Waals surface area contributed by atoms with Crippen molar-refractivity contribution in [1.29, 1.82) is 0 Å². The Labute approximate surface area is 120 Å². The molecule has 3 heterocycles. The number of rotatable bonds is 3. The van der Waals surface area contributed by atoms with Crippen LogP contribution in [-0.4, -0.2) is 35.2 Å². The van der Waals surface area contributed by atoms with E-state index in [0.717, 1.165) is 32.6 Å². The van der Waals surface area contributed by atoms with Gasteiger partial charge in [0.15, 0.2) is 5.82 Å². The second-order valence-electron chi connectivity index (χ2n) is 6.42. The number of piperidine rings is 1. The Hall–Kier alpha value is -1.36. The van der Waals surface area contributed by atoms with Crippen molar-refractivity contribution in [2.24, 2.45) is 11.8 Å². The fraction of sp³-hybridized carbons (Fsp3) is 0.733. The molecular formula is C15H24N4O. The van der Waals surface area contributed by atoms with E-state index in [9.17, 15) is 4.79 Å². The lowest BCUT2D eigenvalue weighted by Crippen LogP contribution is -2.48. The van der Waals surface area contributed by atoms with Gasteiger partial charge in [-0.3, -0.25) is 4.79 Å². The smallest absolute Gasteiger partial charge is 0.293 e. The molecule has 3 rings (SSSR count). The average molecular weight is 276 g/mol. The minimum atomic E-state index is 0.0637. The van der Waals surface area contributed by atoms with Crippen molar-refractivity contribution in [1.82, 2.24) is 14.9 Å². The lowest BCUT2D eigenvalue weighted by Gasteiger charge is -2.37. The normalized spacial score (nSPS) is 26.1. The second kappa shape index (κ2) is 5.56. The monoisotopic (exact) mass is 276 g/mol. The standard InChI is InChI=1S/C15H24N4O/c1-11(2)10-18-7-5-17-14(15(18)20)19-6-3-4-12-8-16-9-13(12)19/h5,7,11-13,16H,3-4,6,8-10H2,1-2H3. The van der Waals surface area contributed by atoms with E-state index in [-0.39, 0.29) is 5.56 Å². The van der Waals surface area contributed by atoms with Gasteiger partial charge < -0.3 is 14.8 Å². The van der Waals surface area contributed by atoms with Crippen LogP contribution in [0.3, 0.4) is 0 Å². The van der Waals surface area contributed by atoms with Crippen molar-refractivity contribution in [3.8, 4) is 0 Å². The number of nitrogens with one attached hydrogen (secondary N) is 1. The van der Waals surface area contributed by atoms with Gasteiger partial charge in [-0.1, -0.05) is 13.8 Å². The van der Waals surface area contributed by atoms with Gasteiger partial charge in [0.25, 0.3) is 5.56 Å². The first-order valence-corrected chi connectivity index (χ1v) is 7.69. The van der Waals surface area contributed by atoms with Crippen molar-refractivity contribution in [2.75, 3.05) is 24.5 Å². The fourth-order valence-corrected chi connectivity index (χ4v) is 3.50. The van der Waals surface area contributed by atoms with Gasteiger partial charge in [-0.05, 0) is 24.7 Å². The lowest BCUT2D eigenvalue weighted by atomic mass is 9.92. The summed E-state index contributed by atoms with van der Waals surface area (Å²) in [6.07, 6.45) is 6.00. The number of nitrogens with zero attached hydrogens (tertiary/aromatic N) is 3. The maximum Gasteiger partial charge on any atom is 0.293 e. The maximum atomic E-state index is 12.6. The van der Waals surface area contributed by atoms with Gasteiger partial charge in [0.2, 0.25) is 0 Å². The zero-order chi connectivity index (χ0) is 14.1. The van der Waals surface area contributed by atoms with Crippen molar-refractivity contribution in [3.63, 3.8) is 0 Å². The van der Waals surface area contributed by atoms with Crippen molar-refractivity contribution in [3.05, 3.63) is 22.7 Å². The quantitative estimate of drug-likeness (QED) is 0.898. The molecule has 5 nitrogen and oxygen atoms in total. The van der Waals surface area contributed by atoms with E-state index in [0.29, 0.717) is 23.7 Å². The molecule has 2 saturated heterocycles. The maximum absolute atomic E-state index is 12.6. The van der Waals surface area contributed by atoms with Gasteiger partial charge >= 0.3 is 0 Å². The van der Waals surface area contributed by atoms with Crippen LogP contribution in [-0.2, 0) is 6.54 Å². The highest BCUT2D eigenvalue weighted by Gasteiger charge is 2.36. The van der Waals surface area contributed by atoms with Gasteiger partial charge in [0, 0.05) is 44.6 Å². The number of hydrogen-bond acceptors (Lipinski definition) is 4. The van der Waals surface area contributed by atoms with E-state index in [1.807, 2.05) is 0 Å². The van der Waals surface area contributed by atoms with Crippen molar-refractivity contribution < 1.29 is 0 Å². The Morgan fingerprint density at radius 2 is 2.30 bits per heavy atom. The number of fused-ring (bicyclic) bond motifs is 1. The molecule has 0 amide bonds. The van der Waals surface area contributed by atoms with Crippen molar-refractivity contribution >= 4 is 5.82 Å². The van der Waals surface area contributed by atoms with Crippen LogP contribution >= 0.6 is 0 Å². The molecule has 0 aromatic carbocycles. The summed E-state index contributed by atoms with van der Waals surface area (Å²) in [6.45, 7) is 8.03. The minimum Gasteiger partial charge on any atom is -0.347 e. The summed E-state index contributed by atoms with van der Waals surface area (Å²) in [5, 5.41) is 3.45. The van der Waals surface area contributed by atoms with Crippen LogP contribution in [0, 0.1) is 11.8 Å². The molecule has 0 bridgehead atoms. The molecule has 2 aliphatic heterocycles. The fourth-order valence-electron chi connectivity index (χ4n) is 3.50. The van der Waals surface area contributed by atoms with E-state index in [1.54, 1.807) is 17.0 Å². The molecule has 20 heavy (non-hydrogen) atoms. The van der Waals surface area contributed by atoms with Crippen molar-refractivity contribution in [2.45, 2.75) is 39.3 Å². The first-order valence-electron chi connectivity index (χ1n) is 7.69. The first kappa shape index (κ1) is 13.6. The topological polar surface area (TPSA) is 50.2 Å². The average Bonchev–Trinajstić information content (AvgIpc) is 2.89. The van der Waals surface area contributed by atoms with Gasteiger partial charge in [0.1, 0.15) is 0 Å². The molecule has 1 aromatic rings. The number of aromatic nitrogens is 2. The van der Waals surface area contributed by atoms with E-state index >= 15 is 0 Å². The van der Waals surface area contributed by atoms with E-state index in [1.165, 1.54) is 6.42 Å². The molecule has 0 radical (unpaired) electrons. The Morgan fingerprint density at radius 1 is 1.45 bits per heavy atom. The van der Waals surface area contributed by atoms with Crippen LogP contribution in [0.15, 0.2) is 17.2 Å². The molecule has 5 heteroatoms. The summed E-state index contributed by atoms with van der Waals surface area (Å²) in [5.41, 5.74) is 0.0637. The molecule has 2 atom stereocenters. The third-order valence-corrected chi connectivity index (χ3v) is 4.41. The van der Waals surface area contributed by atoms with Gasteiger partial charge in [-0.25, -0.2) is 4.98 Å². The van der Waals surface area contributed by atoms with E-state index < -0.39 is 0 Å². The van der Waals surface area contributed by atoms with Crippen LogP contribution in [0.4, 0.5) is 5.82 Å². The summed E-state index contributed by atoms with van der Waals surface area (Å²) >= 11 is 0.